The quantitative estimate of drug-likeness (QED) is 0.714. The highest BCUT2D eigenvalue weighted by atomic mass is 32.2. The van der Waals surface area contributed by atoms with Crippen LogP contribution in [0.2, 0.25) is 0 Å². The fraction of sp³-hybridized carbons (Fsp3) is 0.400. The lowest BCUT2D eigenvalue weighted by atomic mass is 10.3. The molecule has 0 aliphatic carbocycles. The van der Waals surface area contributed by atoms with Crippen molar-refractivity contribution in [2.75, 3.05) is 26.4 Å². The second-order valence-electron chi connectivity index (χ2n) is 3.43. The van der Waals surface area contributed by atoms with E-state index in [0.29, 0.717) is 0 Å². The van der Waals surface area contributed by atoms with Crippen LogP contribution in [0.1, 0.15) is 0 Å². The number of hydrogen-bond acceptors (Lipinski definition) is 4. The summed E-state index contributed by atoms with van der Waals surface area (Å²) in [6.07, 6.45) is 0. The third kappa shape index (κ3) is 4.46. The van der Waals surface area contributed by atoms with E-state index in [1.807, 2.05) is 4.72 Å². The van der Waals surface area contributed by atoms with Gasteiger partial charge in [0.2, 0.25) is 10.0 Å². The van der Waals surface area contributed by atoms with Crippen molar-refractivity contribution in [1.29, 1.82) is 0 Å². The van der Waals surface area contributed by atoms with Gasteiger partial charge in [0.05, 0.1) is 19.8 Å². The lowest BCUT2D eigenvalue weighted by molar-refractivity contribution is 0.0961. The number of hydrogen-bond donors (Lipinski definition) is 2. The maximum absolute atomic E-state index is 13.3. The van der Waals surface area contributed by atoms with Gasteiger partial charge in [0.25, 0.3) is 0 Å². The normalized spacial score (nSPS) is 11.8. The summed E-state index contributed by atoms with van der Waals surface area (Å²) >= 11 is 0. The third-order valence-corrected chi connectivity index (χ3v) is 3.52. The van der Waals surface area contributed by atoms with Crippen LogP contribution in [0.25, 0.3) is 0 Å². The third-order valence-electron chi connectivity index (χ3n) is 2.01. The van der Waals surface area contributed by atoms with Gasteiger partial charge in [-0.25, -0.2) is 26.3 Å². The fourth-order valence-corrected chi connectivity index (χ4v) is 2.40. The van der Waals surface area contributed by atoms with E-state index >= 15 is 0 Å². The van der Waals surface area contributed by atoms with Gasteiger partial charge in [-0.2, -0.15) is 0 Å². The predicted octanol–water partition coefficient (Wildman–Crippen LogP) is 0.391. The molecule has 0 fully saturated rings. The molecule has 0 heterocycles. The van der Waals surface area contributed by atoms with E-state index in [2.05, 4.69) is 0 Å². The number of ether oxygens (including phenoxy) is 1. The lowest BCUT2D eigenvalue weighted by Gasteiger charge is -2.09. The summed E-state index contributed by atoms with van der Waals surface area (Å²) in [5, 5.41) is 8.40. The highest BCUT2D eigenvalue weighted by Gasteiger charge is 2.24. The Kier molecular flexibility index (Phi) is 5.73. The summed E-state index contributed by atoms with van der Waals surface area (Å²) in [4.78, 5) is -1.24. The van der Waals surface area contributed by atoms with Crippen molar-refractivity contribution in [2.24, 2.45) is 0 Å². The van der Waals surface area contributed by atoms with Crippen LogP contribution < -0.4 is 4.72 Å². The summed E-state index contributed by atoms with van der Waals surface area (Å²) in [5.41, 5.74) is 0. The number of benzene rings is 1. The first-order chi connectivity index (χ1) is 8.88. The van der Waals surface area contributed by atoms with Crippen molar-refractivity contribution in [3.05, 3.63) is 29.6 Å². The minimum atomic E-state index is -4.43. The van der Waals surface area contributed by atoms with Crippen molar-refractivity contribution >= 4 is 10.0 Å². The molecule has 0 saturated heterocycles. The van der Waals surface area contributed by atoms with E-state index in [9.17, 15) is 21.6 Å². The molecule has 19 heavy (non-hydrogen) atoms. The van der Waals surface area contributed by atoms with Crippen LogP contribution in [-0.4, -0.2) is 39.9 Å². The second-order valence-corrected chi connectivity index (χ2v) is 5.14. The Morgan fingerprint density at radius 3 is 2.26 bits per heavy atom. The first-order valence-electron chi connectivity index (χ1n) is 5.21. The molecule has 0 saturated carbocycles. The molecule has 0 atom stereocenters. The number of sulfonamides is 1. The summed E-state index contributed by atoms with van der Waals surface area (Å²) in [5.74, 6) is -4.23. The average Bonchev–Trinajstić information content (AvgIpc) is 2.26. The van der Waals surface area contributed by atoms with E-state index < -0.39 is 32.4 Å². The Hall–Kier alpha value is -1.16. The Morgan fingerprint density at radius 1 is 1.16 bits per heavy atom. The smallest absolute Gasteiger partial charge is 0.246 e. The average molecular weight is 299 g/mol. The highest BCUT2D eigenvalue weighted by Crippen LogP contribution is 2.19. The largest absolute Gasteiger partial charge is 0.394 e. The van der Waals surface area contributed by atoms with Crippen molar-refractivity contribution < 1.29 is 31.4 Å². The molecule has 0 bridgehead atoms. The fourth-order valence-electron chi connectivity index (χ4n) is 1.27. The lowest BCUT2D eigenvalue weighted by Crippen LogP contribution is -2.29. The molecule has 0 spiro atoms. The summed E-state index contributed by atoms with van der Waals surface area (Å²) < 4.78 is 69.1. The van der Waals surface area contributed by atoms with Crippen molar-refractivity contribution in [3.8, 4) is 0 Å². The van der Waals surface area contributed by atoms with Gasteiger partial charge in [0.1, 0.15) is 17.5 Å². The molecule has 1 aromatic carbocycles. The van der Waals surface area contributed by atoms with Crippen molar-refractivity contribution in [2.45, 2.75) is 4.90 Å². The second kappa shape index (κ2) is 6.85. The zero-order valence-corrected chi connectivity index (χ0v) is 10.5. The molecule has 1 rings (SSSR count). The number of rotatable bonds is 7. The van der Waals surface area contributed by atoms with Gasteiger partial charge in [-0.05, 0) is 0 Å². The van der Waals surface area contributed by atoms with Crippen LogP contribution in [0, 0.1) is 17.5 Å². The van der Waals surface area contributed by atoms with Gasteiger partial charge in [-0.15, -0.1) is 0 Å². The van der Waals surface area contributed by atoms with E-state index in [1.165, 1.54) is 0 Å². The maximum atomic E-state index is 13.3. The topological polar surface area (TPSA) is 75.6 Å². The van der Waals surface area contributed by atoms with Gasteiger partial charge in [0.15, 0.2) is 4.90 Å². The molecule has 2 N–H and O–H groups in total. The van der Waals surface area contributed by atoms with Crippen LogP contribution in [-0.2, 0) is 14.8 Å². The van der Waals surface area contributed by atoms with Crippen molar-refractivity contribution in [1.82, 2.24) is 4.72 Å². The molecule has 0 aromatic heterocycles. The standard InChI is InChI=1S/C10H12F3NO4S/c11-7-5-8(12)10(9(13)6-7)19(16,17)14-1-3-18-4-2-15/h5-6,14-15H,1-4H2. The SMILES string of the molecule is O=S(=O)(NCCOCCO)c1c(F)cc(F)cc1F. The van der Waals surface area contributed by atoms with Gasteiger partial charge in [-0.1, -0.05) is 0 Å². The molecule has 0 aliphatic rings. The number of aliphatic hydroxyl groups is 1. The molecule has 0 unspecified atom stereocenters. The number of aliphatic hydroxyl groups excluding tert-OH is 1. The first kappa shape index (κ1) is 15.9. The molecular weight excluding hydrogens is 287 g/mol. The molecule has 108 valence electrons. The molecule has 0 amide bonds. The summed E-state index contributed by atoms with van der Waals surface area (Å²) in [6, 6.07) is 0.555. The van der Waals surface area contributed by atoms with Crippen LogP contribution in [0.15, 0.2) is 17.0 Å². The van der Waals surface area contributed by atoms with Crippen LogP contribution in [0.4, 0.5) is 13.2 Å². The summed E-state index contributed by atoms with van der Waals surface area (Å²) in [7, 11) is -4.43. The Balaban J connectivity index is 2.78. The van der Waals surface area contributed by atoms with E-state index in [0.717, 1.165) is 0 Å². The molecular formula is C10H12F3NO4S. The zero-order valence-electron chi connectivity index (χ0n) is 9.70. The van der Waals surface area contributed by atoms with Crippen molar-refractivity contribution in [3.63, 3.8) is 0 Å². The zero-order chi connectivity index (χ0) is 14.5. The van der Waals surface area contributed by atoms with Gasteiger partial charge in [-0.3, -0.25) is 0 Å². The maximum Gasteiger partial charge on any atom is 0.246 e. The Bertz CT molecular complexity index is 513. The van der Waals surface area contributed by atoms with E-state index in [1.54, 1.807) is 0 Å². The minimum absolute atomic E-state index is 0.0149. The van der Waals surface area contributed by atoms with Gasteiger partial charge in [0, 0.05) is 18.7 Å². The van der Waals surface area contributed by atoms with Crippen LogP contribution in [0.5, 0.6) is 0 Å². The molecule has 0 radical (unpaired) electrons. The summed E-state index contributed by atoms with van der Waals surface area (Å²) in [6.45, 7) is -0.530. The first-order valence-corrected chi connectivity index (χ1v) is 6.69. The molecule has 9 heteroatoms. The van der Waals surface area contributed by atoms with E-state index in [4.69, 9.17) is 9.84 Å². The number of nitrogens with one attached hydrogen (secondary N) is 1. The van der Waals surface area contributed by atoms with Gasteiger partial charge >= 0.3 is 0 Å². The van der Waals surface area contributed by atoms with Crippen LogP contribution in [0.3, 0.4) is 0 Å². The Labute approximate surface area is 108 Å². The molecule has 1 aromatic rings. The minimum Gasteiger partial charge on any atom is -0.394 e. The Morgan fingerprint density at radius 2 is 1.74 bits per heavy atom. The van der Waals surface area contributed by atoms with Crippen LogP contribution >= 0.6 is 0 Å². The number of halogens is 3. The highest BCUT2D eigenvalue weighted by molar-refractivity contribution is 7.89. The monoisotopic (exact) mass is 299 g/mol. The predicted molar refractivity (Wildman–Crippen MR) is 59.4 cm³/mol. The van der Waals surface area contributed by atoms with Gasteiger partial charge < -0.3 is 9.84 Å². The van der Waals surface area contributed by atoms with E-state index in [-0.39, 0.29) is 38.5 Å². The molecule has 0 aliphatic heterocycles. The molecule has 5 nitrogen and oxygen atoms in total.